The van der Waals surface area contributed by atoms with Crippen LogP contribution >= 0.6 is 23.2 Å². The first-order valence-electron chi connectivity index (χ1n) is 5.14. The Balaban J connectivity index is 3.08. The van der Waals surface area contributed by atoms with Crippen LogP contribution in [-0.4, -0.2) is 20.4 Å². The number of halogens is 3. The van der Waals surface area contributed by atoms with Crippen LogP contribution in [0.5, 0.6) is 0 Å². The van der Waals surface area contributed by atoms with Crippen molar-refractivity contribution in [2.75, 3.05) is 12.0 Å². The average molecular weight is 314 g/mol. The lowest BCUT2D eigenvalue weighted by molar-refractivity contribution is 0.469. The molecule has 1 atom stereocenters. The van der Waals surface area contributed by atoms with Gasteiger partial charge >= 0.3 is 0 Å². The van der Waals surface area contributed by atoms with E-state index < -0.39 is 21.2 Å². The van der Waals surface area contributed by atoms with E-state index in [0.717, 1.165) is 12.3 Å². The Morgan fingerprint density at radius 1 is 1.33 bits per heavy atom. The molecule has 102 valence electrons. The van der Waals surface area contributed by atoms with E-state index in [4.69, 9.17) is 28.9 Å². The third kappa shape index (κ3) is 4.09. The van der Waals surface area contributed by atoms with E-state index >= 15 is 0 Å². The van der Waals surface area contributed by atoms with Gasteiger partial charge in [0.05, 0.1) is 10.8 Å². The van der Waals surface area contributed by atoms with Crippen LogP contribution in [0, 0.1) is 5.82 Å². The van der Waals surface area contributed by atoms with Gasteiger partial charge in [-0.15, -0.1) is 0 Å². The number of hydrogen-bond donors (Lipinski definition) is 1. The lowest BCUT2D eigenvalue weighted by atomic mass is 9.90. The highest BCUT2D eigenvalue weighted by atomic mass is 35.5. The van der Waals surface area contributed by atoms with Crippen LogP contribution < -0.4 is 5.73 Å². The zero-order valence-corrected chi connectivity index (χ0v) is 12.3. The summed E-state index contributed by atoms with van der Waals surface area (Å²) in [5, 5.41) is 0.127. The molecule has 0 aliphatic rings. The minimum atomic E-state index is -3.14. The fraction of sp³-hybridized carbons (Fsp3) is 0.455. The zero-order chi connectivity index (χ0) is 14.1. The van der Waals surface area contributed by atoms with E-state index in [2.05, 4.69) is 0 Å². The molecule has 0 aliphatic carbocycles. The van der Waals surface area contributed by atoms with Crippen molar-refractivity contribution in [3.63, 3.8) is 0 Å². The largest absolute Gasteiger partial charge is 0.322 e. The van der Waals surface area contributed by atoms with E-state index in [1.165, 1.54) is 6.07 Å². The molecule has 0 bridgehead atoms. The molecule has 1 unspecified atom stereocenters. The summed E-state index contributed by atoms with van der Waals surface area (Å²) in [6.07, 6.45) is 1.26. The van der Waals surface area contributed by atoms with Gasteiger partial charge in [0.2, 0.25) is 0 Å². The monoisotopic (exact) mass is 313 g/mol. The molecule has 0 aliphatic heterocycles. The molecule has 0 saturated carbocycles. The van der Waals surface area contributed by atoms with Gasteiger partial charge in [-0.3, -0.25) is 0 Å². The van der Waals surface area contributed by atoms with Crippen molar-refractivity contribution in [1.29, 1.82) is 0 Å². The van der Waals surface area contributed by atoms with E-state index in [1.54, 1.807) is 6.92 Å². The van der Waals surface area contributed by atoms with Crippen LogP contribution in [0.1, 0.15) is 18.9 Å². The Morgan fingerprint density at radius 2 is 1.89 bits per heavy atom. The molecule has 0 heterocycles. The van der Waals surface area contributed by atoms with Crippen molar-refractivity contribution in [3.8, 4) is 0 Å². The fourth-order valence-electron chi connectivity index (χ4n) is 1.49. The molecule has 0 radical (unpaired) electrons. The lowest BCUT2D eigenvalue weighted by Gasteiger charge is -2.26. The summed E-state index contributed by atoms with van der Waals surface area (Å²) in [5.41, 5.74) is 5.31. The normalized spacial score (nSPS) is 15.4. The van der Waals surface area contributed by atoms with E-state index in [1.807, 2.05) is 0 Å². The maximum Gasteiger partial charge on any atom is 0.147 e. The highest BCUT2D eigenvalue weighted by molar-refractivity contribution is 7.90. The number of nitrogens with two attached hydrogens (primary N) is 1. The second kappa shape index (κ2) is 5.33. The quantitative estimate of drug-likeness (QED) is 0.869. The maximum atomic E-state index is 13.4. The molecule has 2 N–H and O–H groups in total. The van der Waals surface area contributed by atoms with Crippen LogP contribution in [0.3, 0.4) is 0 Å². The molecule has 0 amide bonds. The number of sulfone groups is 1. The summed E-state index contributed by atoms with van der Waals surface area (Å²) < 4.78 is 35.7. The molecular weight excluding hydrogens is 300 g/mol. The summed E-state index contributed by atoms with van der Waals surface area (Å²) in [7, 11) is -3.14. The van der Waals surface area contributed by atoms with E-state index in [9.17, 15) is 12.8 Å². The molecule has 7 heteroatoms. The number of benzene rings is 1. The van der Waals surface area contributed by atoms with Crippen LogP contribution in [0.4, 0.5) is 4.39 Å². The van der Waals surface area contributed by atoms with Gasteiger partial charge in [0.1, 0.15) is 15.7 Å². The first kappa shape index (κ1) is 15.7. The van der Waals surface area contributed by atoms with Gasteiger partial charge in [-0.1, -0.05) is 23.2 Å². The summed E-state index contributed by atoms with van der Waals surface area (Å²) >= 11 is 11.5. The van der Waals surface area contributed by atoms with Gasteiger partial charge in [-0.2, -0.15) is 0 Å². The van der Waals surface area contributed by atoms with Crippen LogP contribution in [0.2, 0.25) is 10.0 Å². The third-order valence-corrected chi connectivity index (χ3v) is 4.17. The standard InChI is InChI=1S/C11H14Cl2FNO2S/c1-11(15,3-4-18(2,16)17)7-5-10(14)9(13)6-8(7)12/h5-6H,3-4,15H2,1-2H3. The van der Waals surface area contributed by atoms with E-state index in [-0.39, 0.29) is 22.2 Å². The minimum absolute atomic E-state index is 0.0948. The topological polar surface area (TPSA) is 60.2 Å². The molecule has 1 aromatic carbocycles. The first-order chi connectivity index (χ1) is 8.03. The van der Waals surface area contributed by atoms with Crippen molar-refractivity contribution in [1.82, 2.24) is 0 Å². The van der Waals surface area contributed by atoms with Gasteiger partial charge in [0.25, 0.3) is 0 Å². The first-order valence-corrected chi connectivity index (χ1v) is 7.96. The van der Waals surface area contributed by atoms with Crippen molar-refractivity contribution >= 4 is 33.0 Å². The van der Waals surface area contributed by atoms with Gasteiger partial charge < -0.3 is 5.73 Å². The predicted octanol–water partition coefficient (Wildman–Crippen LogP) is 2.74. The third-order valence-electron chi connectivity index (χ3n) is 2.62. The number of hydrogen-bond acceptors (Lipinski definition) is 3. The van der Waals surface area contributed by atoms with Gasteiger partial charge in [0, 0.05) is 16.8 Å². The van der Waals surface area contributed by atoms with Crippen molar-refractivity contribution in [2.45, 2.75) is 18.9 Å². The molecule has 0 fully saturated rings. The zero-order valence-electron chi connectivity index (χ0n) is 10.0. The molecular formula is C11H14Cl2FNO2S. The Labute approximate surface area is 116 Å². The van der Waals surface area contributed by atoms with Gasteiger partial charge in [-0.25, -0.2) is 12.8 Å². The van der Waals surface area contributed by atoms with Crippen LogP contribution in [0.25, 0.3) is 0 Å². The van der Waals surface area contributed by atoms with Gasteiger partial charge in [-0.05, 0) is 31.0 Å². The van der Waals surface area contributed by atoms with Crippen molar-refractivity contribution in [3.05, 3.63) is 33.6 Å². The van der Waals surface area contributed by atoms with Crippen molar-refractivity contribution in [2.24, 2.45) is 5.73 Å². The fourth-order valence-corrected chi connectivity index (χ4v) is 2.89. The lowest BCUT2D eigenvalue weighted by Crippen LogP contribution is -2.35. The van der Waals surface area contributed by atoms with Gasteiger partial charge in [0.15, 0.2) is 0 Å². The Kier molecular flexibility index (Phi) is 4.65. The Bertz CT molecular complexity index is 558. The second-order valence-electron chi connectivity index (χ2n) is 4.54. The smallest absolute Gasteiger partial charge is 0.147 e. The molecule has 1 rings (SSSR count). The summed E-state index contributed by atoms with van der Waals surface area (Å²) in [4.78, 5) is 0. The summed E-state index contributed by atoms with van der Waals surface area (Å²) in [5.74, 6) is -0.729. The highest BCUT2D eigenvalue weighted by Gasteiger charge is 2.26. The van der Waals surface area contributed by atoms with Crippen molar-refractivity contribution < 1.29 is 12.8 Å². The SMILES string of the molecule is CC(N)(CCS(C)(=O)=O)c1cc(F)c(Cl)cc1Cl. The second-order valence-corrected chi connectivity index (χ2v) is 7.62. The number of rotatable bonds is 4. The van der Waals surface area contributed by atoms with E-state index in [0.29, 0.717) is 5.56 Å². The summed E-state index contributed by atoms with van der Waals surface area (Å²) in [6, 6.07) is 2.41. The average Bonchev–Trinajstić information content (AvgIpc) is 2.19. The molecule has 0 aromatic heterocycles. The molecule has 0 saturated heterocycles. The minimum Gasteiger partial charge on any atom is -0.322 e. The molecule has 3 nitrogen and oxygen atoms in total. The maximum absolute atomic E-state index is 13.4. The Morgan fingerprint density at radius 3 is 2.39 bits per heavy atom. The highest BCUT2D eigenvalue weighted by Crippen LogP contribution is 2.32. The summed E-state index contributed by atoms with van der Waals surface area (Å²) in [6.45, 7) is 1.60. The van der Waals surface area contributed by atoms with Crippen LogP contribution in [0.15, 0.2) is 12.1 Å². The molecule has 1 aromatic rings. The predicted molar refractivity (Wildman–Crippen MR) is 72.3 cm³/mol. The Hall–Kier alpha value is -0.360. The molecule has 0 spiro atoms. The van der Waals surface area contributed by atoms with Crippen LogP contribution in [-0.2, 0) is 15.4 Å². The molecule has 18 heavy (non-hydrogen) atoms.